The average Bonchev–Trinajstić information content (AvgIpc) is 2.20. The molecule has 0 radical (unpaired) electrons. The van der Waals surface area contributed by atoms with Crippen LogP contribution in [0.25, 0.3) is 0 Å². The molecule has 0 aliphatic heterocycles. The van der Waals surface area contributed by atoms with Gasteiger partial charge in [-0.2, -0.15) is 0 Å². The van der Waals surface area contributed by atoms with Gasteiger partial charge < -0.3 is 10.4 Å². The summed E-state index contributed by atoms with van der Waals surface area (Å²) >= 11 is 0. The Balaban J connectivity index is 2.51. The van der Waals surface area contributed by atoms with Gasteiger partial charge in [0.25, 0.3) is 0 Å². The molecule has 1 rings (SSSR count). The molecule has 0 aliphatic carbocycles. The maximum Gasteiger partial charge on any atom is 0.126 e. The summed E-state index contributed by atoms with van der Waals surface area (Å²) in [5.74, 6) is 0.288. The molecule has 0 heterocycles. The largest absolute Gasteiger partial charge is 0.389 e. The van der Waals surface area contributed by atoms with Crippen LogP contribution >= 0.6 is 0 Å². The molecule has 0 aliphatic rings. The van der Waals surface area contributed by atoms with Crippen LogP contribution in [0, 0.1) is 11.7 Å². The number of hydrogen-bond donors (Lipinski definition) is 2. The fourth-order valence-electron chi connectivity index (χ4n) is 1.74. The van der Waals surface area contributed by atoms with E-state index in [0.29, 0.717) is 24.4 Å². The molecule has 1 atom stereocenters. The van der Waals surface area contributed by atoms with E-state index in [9.17, 15) is 9.50 Å². The quantitative estimate of drug-likeness (QED) is 0.798. The van der Waals surface area contributed by atoms with Crippen LogP contribution in [-0.4, -0.2) is 23.8 Å². The summed E-state index contributed by atoms with van der Waals surface area (Å²) in [5.41, 5.74) is -0.360. The van der Waals surface area contributed by atoms with Crippen LogP contribution in [0.2, 0.25) is 0 Å². The van der Waals surface area contributed by atoms with Crippen molar-refractivity contribution in [2.75, 3.05) is 13.1 Å². The summed E-state index contributed by atoms with van der Waals surface area (Å²) < 4.78 is 13.4. The van der Waals surface area contributed by atoms with E-state index in [4.69, 9.17) is 0 Å². The number of hydrogen-bond acceptors (Lipinski definition) is 2. The molecule has 0 spiro atoms. The second-order valence-corrected chi connectivity index (χ2v) is 5.29. The van der Waals surface area contributed by atoms with Crippen LogP contribution in [0.3, 0.4) is 0 Å². The fraction of sp³-hybridized carbons (Fsp3) is 0.571. The van der Waals surface area contributed by atoms with E-state index in [-0.39, 0.29) is 5.82 Å². The first-order valence-electron chi connectivity index (χ1n) is 6.07. The maximum atomic E-state index is 13.4. The van der Waals surface area contributed by atoms with Gasteiger partial charge in [0.2, 0.25) is 0 Å². The minimum Gasteiger partial charge on any atom is -0.389 e. The van der Waals surface area contributed by atoms with Crippen molar-refractivity contribution in [3.63, 3.8) is 0 Å². The van der Waals surface area contributed by atoms with E-state index < -0.39 is 5.60 Å². The van der Waals surface area contributed by atoms with Gasteiger partial charge in [0.15, 0.2) is 0 Å². The topological polar surface area (TPSA) is 32.3 Å². The zero-order valence-electron chi connectivity index (χ0n) is 10.8. The van der Waals surface area contributed by atoms with Gasteiger partial charge in [0, 0.05) is 13.0 Å². The SMILES string of the molecule is CC(C)CNCC(C)(O)Cc1ccccc1F. The van der Waals surface area contributed by atoms with Gasteiger partial charge in [0.05, 0.1) is 5.60 Å². The van der Waals surface area contributed by atoms with E-state index in [1.165, 1.54) is 6.07 Å². The highest BCUT2D eigenvalue weighted by molar-refractivity contribution is 5.19. The highest BCUT2D eigenvalue weighted by Gasteiger charge is 2.22. The number of nitrogens with one attached hydrogen (secondary N) is 1. The second-order valence-electron chi connectivity index (χ2n) is 5.29. The predicted octanol–water partition coefficient (Wildman–Crippen LogP) is 2.36. The Kier molecular flexibility index (Phi) is 5.09. The van der Waals surface area contributed by atoms with Crippen LogP contribution in [0.1, 0.15) is 26.3 Å². The van der Waals surface area contributed by atoms with Crippen molar-refractivity contribution in [1.29, 1.82) is 0 Å². The standard InChI is InChI=1S/C14H22FNO/c1-11(2)9-16-10-14(3,17)8-12-6-4-5-7-13(12)15/h4-7,11,16-17H,8-10H2,1-3H3. The molecule has 2 N–H and O–H groups in total. The van der Waals surface area contributed by atoms with Crippen LogP contribution < -0.4 is 5.32 Å². The number of halogens is 1. The monoisotopic (exact) mass is 239 g/mol. The summed E-state index contributed by atoms with van der Waals surface area (Å²) in [6.07, 6.45) is 0.324. The highest BCUT2D eigenvalue weighted by atomic mass is 19.1. The van der Waals surface area contributed by atoms with Gasteiger partial charge in [-0.15, -0.1) is 0 Å². The van der Waals surface area contributed by atoms with Gasteiger partial charge in [-0.05, 0) is 31.0 Å². The van der Waals surface area contributed by atoms with Crippen molar-refractivity contribution in [2.45, 2.75) is 32.8 Å². The van der Waals surface area contributed by atoms with Gasteiger partial charge in [-0.3, -0.25) is 0 Å². The van der Waals surface area contributed by atoms with E-state index in [1.54, 1.807) is 25.1 Å². The molecule has 1 aromatic rings. The Morgan fingerprint density at radius 3 is 2.59 bits per heavy atom. The van der Waals surface area contributed by atoms with Gasteiger partial charge in [0.1, 0.15) is 5.82 Å². The molecule has 1 aromatic carbocycles. The zero-order chi connectivity index (χ0) is 12.9. The van der Waals surface area contributed by atoms with E-state index in [0.717, 1.165) is 6.54 Å². The van der Waals surface area contributed by atoms with Crippen LogP contribution in [0.4, 0.5) is 4.39 Å². The third-order valence-corrected chi connectivity index (χ3v) is 2.59. The summed E-state index contributed by atoms with van der Waals surface area (Å²) in [4.78, 5) is 0. The lowest BCUT2D eigenvalue weighted by molar-refractivity contribution is 0.0587. The molecule has 17 heavy (non-hydrogen) atoms. The summed E-state index contributed by atoms with van der Waals surface area (Å²) in [6.45, 7) is 7.27. The molecule has 3 heteroatoms. The van der Waals surface area contributed by atoms with Crippen molar-refractivity contribution in [3.05, 3.63) is 35.6 Å². The first kappa shape index (κ1) is 14.1. The summed E-state index contributed by atoms with van der Waals surface area (Å²) in [7, 11) is 0. The van der Waals surface area contributed by atoms with Crippen LogP contribution in [-0.2, 0) is 6.42 Å². The average molecular weight is 239 g/mol. The number of rotatable bonds is 6. The normalized spacial score (nSPS) is 14.9. The Morgan fingerprint density at radius 1 is 1.35 bits per heavy atom. The summed E-state index contributed by atoms with van der Waals surface area (Å²) in [5, 5.41) is 13.4. The zero-order valence-corrected chi connectivity index (χ0v) is 10.8. The predicted molar refractivity (Wildman–Crippen MR) is 68.4 cm³/mol. The van der Waals surface area contributed by atoms with Crippen molar-refractivity contribution >= 4 is 0 Å². The Hall–Kier alpha value is -0.930. The molecular weight excluding hydrogens is 217 g/mol. The third-order valence-electron chi connectivity index (χ3n) is 2.59. The minimum atomic E-state index is -0.920. The second kappa shape index (κ2) is 6.12. The number of benzene rings is 1. The molecule has 2 nitrogen and oxygen atoms in total. The van der Waals surface area contributed by atoms with Crippen molar-refractivity contribution < 1.29 is 9.50 Å². The first-order chi connectivity index (χ1) is 7.91. The third kappa shape index (κ3) is 5.29. The number of aliphatic hydroxyl groups is 1. The van der Waals surface area contributed by atoms with E-state index in [2.05, 4.69) is 19.2 Å². The van der Waals surface area contributed by atoms with E-state index >= 15 is 0 Å². The highest BCUT2D eigenvalue weighted by Crippen LogP contribution is 2.15. The van der Waals surface area contributed by atoms with Crippen LogP contribution in [0.5, 0.6) is 0 Å². The molecule has 0 bridgehead atoms. The molecule has 0 amide bonds. The maximum absolute atomic E-state index is 13.4. The van der Waals surface area contributed by atoms with Gasteiger partial charge in [-0.1, -0.05) is 32.0 Å². The lowest BCUT2D eigenvalue weighted by Crippen LogP contribution is -2.41. The Morgan fingerprint density at radius 2 is 2.00 bits per heavy atom. The molecule has 0 fully saturated rings. The van der Waals surface area contributed by atoms with E-state index in [1.807, 2.05) is 0 Å². The smallest absolute Gasteiger partial charge is 0.126 e. The fourth-order valence-corrected chi connectivity index (χ4v) is 1.74. The molecule has 1 unspecified atom stereocenters. The van der Waals surface area contributed by atoms with Gasteiger partial charge in [-0.25, -0.2) is 4.39 Å². The molecule has 0 aromatic heterocycles. The summed E-state index contributed by atoms with van der Waals surface area (Å²) in [6, 6.07) is 6.58. The van der Waals surface area contributed by atoms with Crippen LogP contribution in [0.15, 0.2) is 24.3 Å². The van der Waals surface area contributed by atoms with Gasteiger partial charge >= 0.3 is 0 Å². The Labute approximate surface area is 103 Å². The van der Waals surface area contributed by atoms with Crippen molar-refractivity contribution in [1.82, 2.24) is 5.32 Å². The molecular formula is C14H22FNO. The molecule has 0 saturated heterocycles. The minimum absolute atomic E-state index is 0.253. The lowest BCUT2D eigenvalue weighted by Gasteiger charge is -2.24. The van der Waals surface area contributed by atoms with Crippen molar-refractivity contribution in [2.24, 2.45) is 5.92 Å². The molecule has 0 saturated carbocycles. The van der Waals surface area contributed by atoms with Crippen molar-refractivity contribution in [3.8, 4) is 0 Å². The molecule has 96 valence electrons. The lowest BCUT2D eigenvalue weighted by atomic mass is 9.96. The first-order valence-corrected chi connectivity index (χ1v) is 6.07. The Bertz CT molecular complexity index is 350.